The average molecular weight is 743 g/mol. The van der Waals surface area contributed by atoms with Crippen LogP contribution in [0.5, 0.6) is 5.75 Å². The highest BCUT2D eigenvalue weighted by molar-refractivity contribution is 9.10. The molecular formula is C38H45BrN7O2P. The van der Waals surface area contributed by atoms with E-state index >= 15 is 0 Å². The highest BCUT2D eigenvalue weighted by Gasteiger charge is 2.30. The maximum Gasteiger partial charge on any atom is 0.229 e. The third-order valence-electron chi connectivity index (χ3n) is 9.32. The van der Waals surface area contributed by atoms with E-state index in [1.165, 1.54) is 0 Å². The first-order valence-corrected chi connectivity index (χ1v) is 20.0. The summed E-state index contributed by atoms with van der Waals surface area (Å²) in [6.45, 7) is 12.6. The number of ether oxygens (including phenoxy) is 1. The number of piperidine rings is 1. The molecular weight excluding hydrogens is 697 g/mol. The standard InChI is InChI=1S/C38H45BrN7O2P/c1-38(2,3)28-15-17-46(18-16-28)33-21-34(48-5)32(20-29(33)27-22-41-45(4)24-27)43-37-40-23-30(39)36(44-37)42-31-14-13-26(19-35(31)49(6,7)47)25-11-9-8-10-12-25/h8-14,19-24,28H,15-18H2,1-7H3,(H2,40,42,43,44). The number of aryl methyl sites for hydroxylation is 1. The normalized spacial score (nSPS) is 14.2. The fourth-order valence-electron chi connectivity index (χ4n) is 6.53. The Morgan fingerprint density at radius 1 is 0.918 bits per heavy atom. The van der Waals surface area contributed by atoms with E-state index in [1.807, 2.05) is 60.5 Å². The molecule has 6 rings (SSSR count). The third kappa shape index (κ3) is 7.86. The van der Waals surface area contributed by atoms with Crippen LogP contribution in [0.15, 0.2) is 83.7 Å². The zero-order valence-electron chi connectivity index (χ0n) is 29.3. The van der Waals surface area contributed by atoms with Crippen molar-refractivity contribution in [3.05, 3.63) is 83.7 Å². The Bertz CT molecular complexity index is 1990. The largest absolute Gasteiger partial charge is 0.494 e. The quantitative estimate of drug-likeness (QED) is 0.144. The monoisotopic (exact) mass is 741 g/mol. The van der Waals surface area contributed by atoms with Crippen molar-refractivity contribution in [2.24, 2.45) is 18.4 Å². The molecule has 2 N–H and O–H groups in total. The van der Waals surface area contributed by atoms with Crippen LogP contribution in [0.1, 0.15) is 33.6 Å². The zero-order chi connectivity index (χ0) is 34.9. The number of halogens is 1. The van der Waals surface area contributed by atoms with Crippen molar-refractivity contribution < 1.29 is 9.30 Å². The molecule has 1 fully saturated rings. The Morgan fingerprint density at radius 3 is 2.29 bits per heavy atom. The number of methoxy groups -OCH3 is 1. The molecule has 1 saturated heterocycles. The molecule has 3 heterocycles. The van der Waals surface area contributed by atoms with Crippen LogP contribution in [0.2, 0.25) is 0 Å². The van der Waals surface area contributed by atoms with Gasteiger partial charge in [-0.2, -0.15) is 10.1 Å². The number of nitrogens with one attached hydrogen (secondary N) is 2. The molecule has 49 heavy (non-hydrogen) atoms. The van der Waals surface area contributed by atoms with E-state index in [-0.39, 0.29) is 0 Å². The number of benzene rings is 3. The van der Waals surface area contributed by atoms with Crippen LogP contribution in [0.4, 0.5) is 28.8 Å². The average Bonchev–Trinajstić information content (AvgIpc) is 3.51. The summed E-state index contributed by atoms with van der Waals surface area (Å²) >= 11 is 3.62. The SMILES string of the molecule is COc1cc(N2CCC(C(C)(C)C)CC2)c(-c2cnn(C)c2)cc1Nc1ncc(Br)c(Nc2ccc(-c3ccccc3)cc2P(C)(C)=O)n1. The smallest absolute Gasteiger partial charge is 0.229 e. The second kappa shape index (κ2) is 14.0. The number of anilines is 5. The predicted molar refractivity (Wildman–Crippen MR) is 207 cm³/mol. The van der Waals surface area contributed by atoms with Gasteiger partial charge in [-0.3, -0.25) is 4.68 Å². The molecule has 256 valence electrons. The molecule has 0 unspecified atom stereocenters. The van der Waals surface area contributed by atoms with Gasteiger partial charge in [-0.05, 0) is 82.8 Å². The number of aromatic nitrogens is 4. The Hall–Kier alpha value is -4.14. The molecule has 0 radical (unpaired) electrons. The van der Waals surface area contributed by atoms with Gasteiger partial charge in [0, 0.05) is 60.7 Å². The van der Waals surface area contributed by atoms with E-state index in [4.69, 9.17) is 9.72 Å². The summed E-state index contributed by atoms with van der Waals surface area (Å²) in [4.78, 5) is 11.9. The van der Waals surface area contributed by atoms with Crippen LogP contribution in [0.25, 0.3) is 22.3 Å². The van der Waals surface area contributed by atoms with Crippen molar-refractivity contribution in [2.45, 2.75) is 33.6 Å². The van der Waals surface area contributed by atoms with Gasteiger partial charge in [-0.1, -0.05) is 57.2 Å². The maximum atomic E-state index is 13.5. The molecule has 0 aliphatic carbocycles. The fourth-order valence-corrected chi connectivity index (χ4v) is 7.98. The van der Waals surface area contributed by atoms with Crippen molar-refractivity contribution in [3.63, 3.8) is 0 Å². The molecule has 0 spiro atoms. The lowest BCUT2D eigenvalue weighted by molar-refractivity contribution is 0.199. The van der Waals surface area contributed by atoms with Crippen molar-refractivity contribution in [1.29, 1.82) is 0 Å². The Morgan fingerprint density at radius 2 is 1.65 bits per heavy atom. The summed E-state index contributed by atoms with van der Waals surface area (Å²) in [6.07, 6.45) is 7.92. The molecule has 0 bridgehead atoms. The first kappa shape index (κ1) is 34.7. The predicted octanol–water partition coefficient (Wildman–Crippen LogP) is 9.31. The molecule has 11 heteroatoms. The highest BCUT2D eigenvalue weighted by Crippen LogP contribution is 2.44. The van der Waals surface area contributed by atoms with Crippen molar-refractivity contribution >= 4 is 57.2 Å². The number of nitrogens with zero attached hydrogens (tertiary/aromatic N) is 5. The van der Waals surface area contributed by atoms with Crippen LogP contribution >= 0.6 is 23.1 Å². The van der Waals surface area contributed by atoms with Gasteiger partial charge in [-0.15, -0.1) is 0 Å². The minimum atomic E-state index is -2.66. The van der Waals surface area contributed by atoms with Gasteiger partial charge in [0.15, 0.2) is 0 Å². The van der Waals surface area contributed by atoms with Gasteiger partial charge < -0.3 is 24.8 Å². The molecule has 0 saturated carbocycles. The zero-order valence-corrected chi connectivity index (χ0v) is 31.8. The van der Waals surface area contributed by atoms with Gasteiger partial charge in [0.05, 0.1) is 29.2 Å². The highest BCUT2D eigenvalue weighted by atomic mass is 79.9. The molecule has 1 aliphatic heterocycles. The van der Waals surface area contributed by atoms with Gasteiger partial charge >= 0.3 is 0 Å². The minimum absolute atomic E-state index is 0.294. The summed E-state index contributed by atoms with van der Waals surface area (Å²) in [5.74, 6) is 2.31. The van der Waals surface area contributed by atoms with Crippen LogP contribution in [-0.4, -0.2) is 53.3 Å². The molecule has 9 nitrogen and oxygen atoms in total. The third-order valence-corrected chi connectivity index (χ3v) is 11.4. The van der Waals surface area contributed by atoms with E-state index in [1.54, 1.807) is 26.6 Å². The second-order valence-corrected chi connectivity index (χ2v) is 18.2. The molecule has 1 aliphatic rings. The van der Waals surface area contributed by atoms with E-state index in [2.05, 4.69) is 86.6 Å². The summed E-state index contributed by atoms with van der Waals surface area (Å²) in [5.41, 5.74) is 7.04. The molecule has 5 aromatic rings. The molecule has 0 amide bonds. The second-order valence-electron chi connectivity index (χ2n) is 14.2. The fraction of sp³-hybridized carbons (Fsp3) is 0.342. The van der Waals surface area contributed by atoms with Crippen LogP contribution in [-0.2, 0) is 11.6 Å². The first-order valence-electron chi connectivity index (χ1n) is 16.6. The molecule has 3 aromatic carbocycles. The molecule has 2 aromatic heterocycles. The summed E-state index contributed by atoms with van der Waals surface area (Å²) in [6, 6.07) is 20.3. The van der Waals surface area contributed by atoms with Crippen LogP contribution < -0.4 is 25.6 Å². The van der Waals surface area contributed by atoms with E-state index < -0.39 is 7.14 Å². The Kier molecular flexibility index (Phi) is 9.92. The van der Waals surface area contributed by atoms with E-state index in [9.17, 15) is 4.57 Å². The summed E-state index contributed by atoms with van der Waals surface area (Å²) < 4.78 is 22.0. The maximum absolute atomic E-state index is 13.5. The summed E-state index contributed by atoms with van der Waals surface area (Å²) in [7, 11) is 0.958. The topological polar surface area (TPSA) is 97.2 Å². The van der Waals surface area contributed by atoms with Gasteiger partial charge in [0.2, 0.25) is 5.95 Å². The number of rotatable bonds is 9. The van der Waals surface area contributed by atoms with Crippen molar-refractivity contribution in [1.82, 2.24) is 19.7 Å². The number of hydrogen-bond acceptors (Lipinski definition) is 8. The lowest BCUT2D eigenvalue weighted by Crippen LogP contribution is -2.38. The van der Waals surface area contributed by atoms with E-state index in [0.29, 0.717) is 33.3 Å². The van der Waals surface area contributed by atoms with Crippen LogP contribution in [0.3, 0.4) is 0 Å². The lowest BCUT2D eigenvalue weighted by atomic mass is 9.75. The minimum Gasteiger partial charge on any atom is -0.494 e. The first-order chi connectivity index (χ1) is 23.3. The number of hydrogen-bond donors (Lipinski definition) is 2. The molecule has 0 atom stereocenters. The van der Waals surface area contributed by atoms with Gasteiger partial charge in [-0.25, -0.2) is 4.98 Å². The summed E-state index contributed by atoms with van der Waals surface area (Å²) in [5, 5.41) is 12.1. The lowest BCUT2D eigenvalue weighted by Gasteiger charge is -2.40. The Labute approximate surface area is 298 Å². The van der Waals surface area contributed by atoms with Gasteiger partial charge in [0.1, 0.15) is 18.7 Å². The van der Waals surface area contributed by atoms with Crippen molar-refractivity contribution in [2.75, 3.05) is 49.1 Å². The Balaban J connectivity index is 1.33. The van der Waals surface area contributed by atoms with Crippen molar-refractivity contribution in [3.8, 4) is 28.0 Å². The van der Waals surface area contributed by atoms with E-state index in [0.717, 1.165) is 70.6 Å². The van der Waals surface area contributed by atoms with Gasteiger partial charge in [0.25, 0.3) is 0 Å². The van der Waals surface area contributed by atoms with Crippen LogP contribution in [0, 0.1) is 11.3 Å².